The maximum Gasteiger partial charge on any atom is 0.252 e. The van der Waals surface area contributed by atoms with Crippen LogP contribution in [-0.2, 0) is 37.9 Å². The maximum atomic E-state index is 2.72. The molecule has 0 saturated heterocycles. The smallest absolute Gasteiger partial charge is 0.252 e. The molecule has 6 aromatic rings. The zero-order chi connectivity index (χ0) is 48.8. The maximum absolute atomic E-state index is 2.72. The Labute approximate surface area is 406 Å². The molecule has 3 aliphatic rings. The van der Waals surface area contributed by atoms with Crippen molar-refractivity contribution in [2.45, 2.75) is 182 Å². The fraction of sp³-hybridized carbons (Fsp3) is 0.438. The Bertz CT molecular complexity index is 2940. The largest absolute Gasteiger partial charge is 0.311 e. The predicted molar refractivity (Wildman–Crippen MR) is 295 cm³/mol. The van der Waals surface area contributed by atoms with Gasteiger partial charge in [0, 0.05) is 34.0 Å². The molecule has 0 amide bonds. The molecule has 67 heavy (non-hydrogen) atoms. The predicted octanol–water partition coefficient (Wildman–Crippen LogP) is 16.3. The van der Waals surface area contributed by atoms with Crippen molar-refractivity contribution in [1.29, 1.82) is 0 Å². The van der Waals surface area contributed by atoms with Crippen LogP contribution < -0.4 is 26.2 Å². The first kappa shape index (κ1) is 47.1. The minimum Gasteiger partial charge on any atom is -0.311 e. The Balaban J connectivity index is 1.47. The molecule has 0 saturated carbocycles. The molecular formula is C64H79BN2. The van der Waals surface area contributed by atoms with Crippen LogP contribution in [-0.4, -0.2) is 6.71 Å². The van der Waals surface area contributed by atoms with E-state index < -0.39 is 0 Å². The minimum atomic E-state index is -0.124. The van der Waals surface area contributed by atoms with Gasteiger partial charge in [-0.15, -0.1) is 0 Å². The van der Waals surface area contributed by atoms with Gasteiger partial charge in [0.05, 0.1) is 5.69 Å². The zero-order valence-corrected chi connectivity index (χ0v) is 44.8. The Kier molecular flexibility index (Phi) is 10.7. The van der Waals surface area contributed by atoms with Gasteiger partial charge >= 0.3 is 0 Å². The molecule has 0 aromatic heterocycles. The van der Waals surface area contributed by atoms with Crippen LogP contribution in [0.2, 0.25) is 0 Å². The summed E-state index contributed by atoms with van der Waals surface area (Å²) in [6, 6.07) is 44.1. The van der Waals surface area contributed by atoms with Crippen LogP contribution in [0.4, 0.5) is 34.1 Å². The number of anilines is 6. The van der Waals surface area contributed by atoms with Gasteiger partial charge < -0.3 is 9.80 Å². The summed E-state index contributed by atoms with van der Waals surface area (Å²) >= 11 is 0. The van der Waals surface area contributed by atoms with Crippen LogP contribution in [0, 0.1) is 0 Å². The molecule has 6 aromatic carbocycles. The lowest BCUT2D eigenvalue weighted by Gasteiger charge is -2.48. The van der Waals surface area contributed by atoms with Crippen molar-refractivity contribution < 1.29 is 0 Å². The molecular weight excluding hydrogens is 808 g/mol. The molecule has 9 rings (SSSR count). The monoisotopic (exact) mass is 887 g/mol. The van der Waals surface area contributed by atoms with E-state index in [1.165, 1.54) is 107 Å². The van der Waals surface area contributed by atoms with E-state index >= 15 is 0 Å². The van der Waals surface area contributed by atoms with Gasteiger partial charge in [-0.2, -0.15) is 0 Å². The Morgan fingerprint density at radius 1 is 0.388 bits per heavy atom. The summed E-state index contributed by atoms with van der Waals surface area (Å²) in [6.45, 7) is 45.3. The van der Waals surface area contributed by atoms with Gasteiger partial charge in [-0.05, 0) is 160 Å². The van der Waals surface area contributed by atoms with Crippen LogP contribution >= 0.6 is 0 Å². The highest BCUT2D eigenvalue weighted by atomic mass is 15.2. The highest BCUT2D eigenvalue weighted by molar-refractivity contribution is 7.00. The van der Waals surface area contributed by atoms with Crippen molar-refractivity contribution in [2.24, 2.45) is 0 Å². The van der Waals surface area contributed by atoms with Gasteiger partial charge in [-0.3, -0.25) is 0 Å². The topological polar surface area (TPSA) is 6.48 Å². The molecule has 0 unspecified atom stereocenters. The van der Waals surface area contributed by atoms with Crippen LogP contribution in [0.25, 0.3) is 11.1 Å². The van der Waals surface area contributed by atoms with Crippen molar-refractivity contribution in [3.63, 3.8) is 0 Å². The molecule has 2 nitrogen and oxygen atoms in total. The summed E-state index contributed by atoms with van der Waals surface area (Å²) in [6.07, 6.45) is 2.33. The first-order chi connectivity index (χ1) is 30.9. The van der Waals surface area contributed by atoms with Crippen molar-refractivity contribution in [3.05, 3.63) is 148 Å². The third-order valence-electron chi connectivity index (χ3n) is 15.9. The third kappa shape index (κ3) is 8.09. The van der Waals surface area contributed by atoms with Gasteiger partial charge in [0.2, 0.25) is 0 Å². The molecule has 348 valence electrons. The molecule has 0 bridgehead atoms. The van der Waals surface area contributed by atoms with Crippen molar-refractivity contribution in [1.82, 2.24) is 0 Å². The van der Waals surface area contributed by atoms with Gasteiger partial charge in [0.15, 0.2) is 0 Å². The van der Waals surface area contributed by atoms with E-state index in [0.29, 0.717) is 0 Å². The number of hydrogen-bond acceptors (Lipinski definition) is 2. The average Bonchev–Trinajstić information content (AvgIpc) is 3.23. The summed E-state index contributed by atoms with van der Waals surface area (Å²) in [5.41, 5.74) is 23.9. The molecule has 0 radical (unpaired) electrons. The summed E-state index contributed by atoms with van der Waals surface area (Å²) in [5.74, 6) is 0. The molecule has 0 N–H and O–H groups in total. The quantitative estimate of drug-likeness (QED) is 0.163. The molecule has 2 heterocycles. The fourth-order valence-electron chi connectivity index (χ4n) is 11.2. The number of rotatable bonds is 3. The van der Waals surface area contributed by atoms with Crippen LogP contribution in [0.5, 0.6) is 0 Å². The van der Waals surface area contributed by atoms with E-state index in [9.17, 15) is 0 Å². The fourth-order valence-corrected chi connectivity index (χ4v) is 11.2. The van der Waals surface area contributed by atoms with Crippen molar-refractivity contribution in [2.75, 3.05) is 9.80 Å². The van der Waals surface area contributed by atoms with E-state index in [0.717, 1.165) is 6.42 Å². The first-order valence-corrected chi connectivity index (χ1v) is 25.3. The van der Waals surface area contributed by atoms with Gasteiger partial charge in [0.1, 0.15) is 0 Å². The second-order valence-electron chi connectivity index (χ2n) is 27.1. The highest BCUT2D eigenvalue weighted by Crippen LogP contribution is 2.53. The molecule has 3 heteroatoms. The second-order valence-corrected chi connectivity index (χ2v) is 27.1. The van der Waals surface area contributed by atoms with E-state index in [1.54, 1.807) is 0 Å². The van der Waals surface area contributed by atoms with Crippen LogP contribution in [0.1, 0.15) is 183 Å². The lowest BCUT2D eigenvalue weighted by Crippen LogP contribution is -2.62. The number of hydrogen-bond donors (Lipinski definition) is 0. The van der Waals surface area contributed by atoms with Gasteiger partial charge in [-0.1, -0.05) is 192 Å². The third-order valence-corrected chi connectivity index (χ3v) is 15.9. The van der Waals surface area contributed by atoms with E-state index in [2.05, 4.69) is 251 Å². The van der Waals surface area contributed by atoms with Crippen LogP contribution in [0.3, 0.4) is 0 Å². The molecule has 0 atom stereocenters. The molecule has 1 aliphatic carbocycles. The van der Waals surface area contributed by atoms with Crippen molar-refractivity contribution in [3.8, 4) is 11.1 Å². The van der Waals surface area contributed by atoms with Crippen molar-refractivity contribution >= 4 is 57.2 Å². The Morgan fingerprint density at radius 3 is 1.43 bits per heavy atom. The normalized spacial score (nSPS) is 16.6. The first-order valence-electron chi connectivity index (χ1n) is 25.3. The minimum absolute atomic E-state index is 0.00751. The lowest BCUT2D eigenvalue weighted by atomic mass is 9.33. The second kappa shape index (κ2) is 15.2. The van der Waals surface area contributed by atoms with E-state index in [4.69, 9.17) is 0 Å². The van der Waals surface area contributed by atoms with E-state index in [1.807, 2.05) is 0 Å². The Hall–Kier alpha value is -5.02. The average molecular weight is 887 g/mol. The number of nitrogens with zero attached hydrogens (tertiary/aromatic N) is 2. The number of fused-ring (bicyclic) bond motifs is 5. The molecule has 2 aliphatic heterocycles. The van der Waals surface area contributed by atoms with Gasteiger partial charge in [0.25, 0.3) is 6.71 Å². The summed E-state index contributed by atoms with van der Waals surface area (Å²) < 4.78 is 0. The SMILES string of the molecule is CC(C)(C)c1cccc(-c2cc(C(C)(C)C)ccc2N2c3cc4c(cc3B3c5ccc(C(C)(C)C)cc5N(c5cccc(C(C)(C)C)c5)c5cc(C(C)(C)C)cc2c53)C(C)(C)CCC4(C)C)c1. The highest BCUT2D eigenvalue weighted by Gasteiger charge is 2.47. The zero-order valence-electron chi connectivity index (χ0n) is 44.8. The summed E-state index contributed by atoms with van der Waals surface area (Å²) in [4.78, 5) is 5.37. The van der Waals surface area contributed by atoms with Gasteiger partial charge in [-0.25, -0.2) is 0 Å². The standard InChI is InChI=1S/C64H79BN2/c1-58(2,3)41-23-20-22-40(32-41)47-34-43(60(7,8)9)27-29-52(47)67-54-39-49-48(63(16,17)30-31-64(49,18)19)38-51(54)65-50-28-26-44(61(10,11)12)35-53(50)66(46-25-21-24-42(33-46)59(4,5)6)55-36-45(62(13,14)15)37-56(67)57(55)65/h20-29,32-39H,30-31H2,1-19H3. The number of benzene rings is 6. The molecule has 0 fully saturated rings. The molecule has 0 spiro atoms. The lowest BCUT2D eigenvalue weighted by molar-refractivity contribution is 0.332. The van der Waals surface area contributed by atoms with Crippen LogP contribution in [0.15, 0.2) is 109 Å². The van der Waals surface area contributed by atoms with E-state index in [-0.39, 0.29) is 44.6 Å². The Morgan fingerprint density at radius 2 is 0.851 bits per heavy atom. The summed E-state index contributed by atoms with van der Waals surface area (Å²) in [7, 11) is 0. The summed E-state index contributed by atoms with van der Waals surface area (Å²) in [5, 5.41) is 0.